The first-order chi connectivity index (χ1) is 10.5. The molecule has 0 bridgehead atoms. The number of hydrogen-bond donors (Lipinski definition) is 1. The van der Waals surface area contributed by atoms with Gasteiger partial charge in [0.1, 0.15) is 0 Å². The second kappa shape index (κ2) is 8.74. The topological polar surface area (TPSA) is 52.3 Å². The molecular weight excluding hydrogens is 274 g/mol. The average Bonchev–Trinajstić information content (AvgIpc) is 2.55. The van der Waals surface area contributed by atoms with Gasteiger partial charge in [0.25, 0.3) is 0 Å². The van der Waals surface area contributed by atoms with E-state index in [1.807, 2.05) is 19.1 Å². The van der Waals surface area contributed by atoms with Crippen LogP contribution in [0.4, 0.5) is 0 Å². The van der Waals surface area contributed by atoms with Crippen LogP contribution < -0.4 is 5.73 Å². The zero-order valence-corrected chi connectivity index (χ0v) is 13.5. The van der Waals surface area contributed by atoms with Gasteiger partial charge in [-0.3, -0.25) is 0 Å². The third-order valence-corrected chi connectivity index (χ3v) is 3.46. The lowest BCUT2D eigenvalue weighted by molar-refractivity contribution is -0.136. The molecule has 0 fully saturated rings. The summed E-state index contributed by atoms with van der Waals surface area (Å²) in [6, 6.07) is 0. The van der Waals surface area contributed by atoms with Gasteiger partial charge >= 0.3 is 5.97 Å². The molecule has 0 saturated carbocycles. The van der Waals surface area contributed by atoms with E-state index in [4.69, 9.17) is 10.5 Å². The quantitative estimate of drug-likeness (QED) is 0.373. The molecule has 0 saturated heterocycles. The van der Waals surface area contributed by atoms with Gasteiger partial charge in [0.05, 0.1) is 7.11 Å². The van der Waals surface area contributed by atoms with Crippen LogP contribution in [0.3, 0.4) is 0 Å². The number of carbonyl (C=O) groups excluding carboxylic acids is 1. The molecule has 1 rings (SSSR count). The molecule has 3 heteroatoms. The normalized spacial score (nSPS) is 15.7. The van der Waals surface area contributed by atoms with Crippen molar-refractivity contribution >= 4 is 5.97 Å². The van der Waals surface area contributed by atoms with Crippen molar-refractivity contribution in [2.24, 2.45) is 5.73 Å². The number of esters is 1. The fourth-order valence-electron chi connectivity index (χ4n) is 2.04. The first-order valence-corrected chi connectivity index (χ1v) is 7.32. The summed E-state index contributed by atoms with van der Waals surface area (Å²) in [7, 11) is 1.38. The van der Waals surface area contributed by atoms with Gasteiger partial charge in [-0.2, -0.15) is 0 Å². The molecule has 0 amide bonds. The van der Waals surface area contributed by atoms with Crippen LogP contribution in [0.2, 0.25) is 0 Å². The molecule has 0 heterocycles. The Balaban J connectivity index is 3.13. The summed E-state index contributed by atoms with van der Waals surface area (Å²) in [4.78, 5) is 11.6. The standard InChI is InChI=1S/C19H23NO2/c1-5-15(11-12-17-9-7-8-10-18(17)20)13-16(6-2)14(3)19(21)22-4/h5,7,9,13H,1,6,8,10,20H2,2-4H3/b15-13+,16-14+. The summed E-state index contributed by atoms with van der Waals surface area (Å²) in [6.45, 7) is 7.51. The van der Waals surface area contributed by atoms with Crippen LogP contribution in [0.5, 0.6) is 0 Å². The van der Waals surface area contributed by atoms with Crippen molar-refractivity contribution in [2.75, 3.05) is 7.11 Å². The Kier molecular flexibility index (Phi) is 6.98. The van der Waals surface area contributed by atoms with Crippen molar-refractivity contribution in [3.05, 3.63) is 58.9 Å². The molecule has 0 aromatic carbocycles. The highest BCUT2D eigenvalue weighted by Crippen LogP contribution is 2.16. The summed E-state index contributed by atoms with van der Waals surface area (Å²) < 4.78 is 4.76. The van der Waals surface area contributed by atoms with Gasteiger partial charge in [-0.1, -0.05) is 37.5 Å². The van der Waals surface area contributed by atoms with E-state index in [-0.39, 0.29) is 5.97 Å². The fourth-order valence-corrected chi connectivity index (χ4v) is 2.04. The Labute approximate surface area is 132 Å². The van der Waals surface area contributed by atoms with Crippen LogP contribution in [0.1, 0.15) is 33.1 Å². The Morgan fingerprint density at radius 1 is 1.55 bits per heavy atom. The molecule has 116 valence electrons. The number of hydrogen-bond acceptors (Lipinski definition) is 3. The maximum absolute atomic E-state index is 11.6. The molecule has 1 aliphatic carbocycles. The molecule has 2 N–H and O–H groups in total. The number of carbonyl (C=O) groups is 1. The van der Waals surface area contributed by atoms with Crippen LogP contribution in [0.15, 0.2) is 58.9 Å². The average molecular weight is 297 g/mol. The minimum absolute atomic E-state index is 0.327. The van der Waals surface area contributed by atoms with Gasteiger partial charge in [-0.25, -0.2) is 4.79 Å². The molecule has 0 atom stereocenters. The van der Waals surface area contributed by atoms with Gasteiger partial charge in [0, 0.05) is 22.4 Å². The largest absolute Gasteiger partial charge is 0.466 e. The minimum Gasteiger partial charge on any atom is -0.466 e. The van der Waals surface area contributed by atoms with E-state index in [2.05, 4.69) is 24.5 Å². The highest BCUT2D eigenvalue weighted by atomic mass is 16.5. The smallest absolute Gasteiger partial charge is 0.333 e. The van der Waals surface area contributed by atoms with E-state index in [0.717, 1.165) is 35.3 Å². The molecule has 0 aliphatic heterocycles. The Morgan fingerprint density at radius 2 is 2.27 bits per heavy atom. The van der Waals surface area contributed by atoms with Gasteiger partial charge in [-0.15, -0.1) is 0 Å². The Hall–Kier alpha value is -2.47. The van der Waals surface area contributed by atoms with Crippen molar-refractivity contribution in [3.63, 3.8) is 0 Å². The third-order valence-electron chi connectivity index (χ3n) is 3.46. The van der Waals surface area contributed by atoms with Crippen LogP contribution in [0, 0.1) is 11.8 Å². The van der Waals surface area contributed by atoms with Gasteiger partial charge in [0.15, 0.2) is 0 Å². The fraction of sp³-hybridized carbons (Fsp3) is 0.316. The zero-order valence-electron chi connectivity index (χ0n) is 13.5. The lowest BCUT2D eigenvalue weighted by Gasteiger charge is -2.06. The maximum Gasteiger partial charge on any atom is 0.333 e. The van der Waals surface area contributed by atoms with Crippen LogP contribution >= 0.6 is 0 Å². The van der Waals surface area contributed by atoms with E-state index >= 15 is 0 Å². The van der Waals surface area contributed by atoms with Crippen LogP contribution in [-0.4, -0.2) is 13.1 Å². The first kappa shape index (κ1) is 17.6. The van der Waals surface area contributed by atoms with Crippen molar-refractivity contribution in [1.29, 1.82) is 0 Å². The van der Waals surface area contributed by atoms with Gasteiger partial charge in [0.2, 0.25) is 0 Å². The second-order valence-corrected chi connectivity index (χ2v) is 4.93. The summed E-state index contributed by atoms with van der Waals surface area (Å²) >= 11 is 0. The number of rotatable bonds is 4. The third kappa shape index (κ3) is 4.82. The number of nitrogens with two attached hydrogens (primary N) is 1. The molecule has 22 heavy (non-hydrogen) atoms. The van der Waals surface area contributed by atoms with E-state index in [1.54, 1.807) is 13.0 Å². The highest BCUT2D eigenvalue weighted by molar-refractivity contribution is 5.89. The molecule has 0 spiro atoms. The van der Waals surface area contributed by atoms with E-state index in [1.165, 1.54) is 7.11 Å². The lowest BCUT2D eigenvalue weighted by Crippen LogP contribution is -2.04. The lowest BCUT2D eigenvalue weighted by atomic mass is 10.0. The predicted octanol–water partition coefficient (Wildman–Crippen LogP) is 3.56. The summed E-state index contributed by atoms with van der Waals surface area (Å²) in [5.74, 6) is 5.81. The molecule has 0 aromatic heterocycles. The molecule has 0 aromatic rings. The molecule has 3 nitrogen and oxygen atoms in total. The maximum atomic E-state index is 11.6. The summed E-state index contributed by atoms with van der Waals surface area (Å²) in [5, 5.41) is 0. The van der Waals surface area contributed by atoms with Crippen LogP contribution in [-0.2, 0) is 9.53 Å². The minimum atomic E-state index is -0.327. The monoisotopic (exact) mass is 297 g/mol. The van der Waals surface area contributed by atoms with Crippen molar-refractivity contribution in [1.82, 2.24) is 0 Å². The number of allylic oxidation sites excluding steroid dienone is 8. The summed E-state index contributed by atoms with van der Waals surface area (Å²) in [5.41, 5.74) is 9.84. The Morgan fingerprint density at radius 3 is 2.82 bits per heavy atom. The number of ether oxygens (including phenoxy) is 1. The predicted molar refractivity (Wildman–Crippen MR) is 90.7 cm³/mol. The SMILES string of the molecule is C=C/C(C#CC1=C(N)CCC=C1)=C\C(CC)=C(/C)C(=O)OC. The molecular formula is C19H23NO2. The zero-order chi connectivity index (χ0) is 16.5. The van der Waals surface area contributed by atoms with Crippen molar-refractivity contribution in [3.8, 4) is 11.8 Å². The van der Waals surface area contributed by atoms with E-state index in [9.17, 15) is 4.79 Å². The van der Waals surface area contributed by atoms with E-state index < -0.39 is 0 Å². The summed E-state index contributed by atoms with van der Waals surface area (Å²) in [6.07, 6.45) is 10.1. The van der Waals surface area contributed by atoms with Crippen LogP contribution in [0.25, 0.3) is 0 Å². The molecule has 0 radical (unpaired) electrons. The molecule has 1 aliphatic rings. The van der Waals surface area contributed by atoms with Crippen molar-refractivity contribution in [2.45, 2.75) is 33.1 Å². The number of methoxy groups -OCH3 is 1. The Bertz CT molecular complexity index is 634. The molecule has 0 unspecified atom stereocenters. The van der Waals surface area contributed by atoms with Crippen molar-refractivity contribution < 1.29 is 9.53 Å². The second-order valence-electron chi connectivity index (χ2n) is 4.93. The highest BCUT2D eigenvalue weighted by Gasteiger charge is 2.08. The van der Waals surface area contributed by atoms with E-state index in [0.29, 0.717) is 12.0 Å². The van der Waals surface area contributed by atoms with Gasteiger partial charge < -0.3 is 10.5 Å². The van der Waals surface area contributed by atoms with Gasteiger partial charge in [-0.05, 0) is 43.9 Å². The first-order valence-electron chi connectivity index (χ1n) is 7.32.